The molecule has 6 heteroatoms. The zero-order valence-corrected chi connectivity index (χ0v) is 7.57. The van der Waals surface area contributed by atoms with Gasteiger partial charge in [0.2, 0.25) is 0 Å². The summed E-state index contributed by atoms with van der Waals surface area (Å²) in [6.45, 7) is 0. The number of non-ortho nitro benzene ring substituents is 1. The molecule has 74 valence electrons. The van der Waals surface area contributed by atoms with Crippen molar-refractivity contribution in [2.45, 2.75) is 0 Å². The maximum Gasteiger partial charge on any atom is 0.270 e. The Kier molecular flexibility index (Phi) is 2.32. The second kappa shape index (κ2) is 3.79. The van der Waals surface area contributed by atoms with Gasteiger partial charge < -0.3 is 0 Å². The standard InChI is InChI=1S/C9H6N4O2/c14-13(15)8-3-1-2-7(6-8)9-4-5-10-12-11-9/h1-6H. The van der Waals surface area contributed by atoms with Crippen LogP contribution in [0.2, 0.25) is 0 Å². The van der Waals surface area contributed by atoms with Crippen molar-refractivity contribution in [1.29, 1.82) is 0 Å². The second-order valence-electron chi connectivity index (χ2n) is 2.81. The van der Waals surface area contributed by atoms with Gasteiger partial charge in [0.05, 0.1) is 16.8 Å². The number of nitro groups is 1. The van der Waals surface area contributed by atoms with E-state index in [1.54, 1.807) is 18.2 Å². The Morgan fingerprint density at radius 3 is 2.80 bits per heavy atom. The molecule has 0 fully saturated rings. The molecule has 0 aliphatic carbocycles. The van der Waals surface area contributed by atoms with Crippen LogP contribution in [0.5, 0.6) is 0 Å². The zero-order chi connectivity index (χ0) is 10.7. The van der Waals surface area contributed by atoms with E-state index in [0.29, 0.717) is 11.3 Å². The van der Waals surface area contributed by atoms with Gasteiger partial charge in [-0.05, 0) is 11.3 Å². The lowest BCUT2D eigenvalue weighted by atomic mass is 10.1. The summed E-state index contributed by atoms with van der Waals surface area (Å²) < 4.78 is 0. The average Bonchev–Trinajstić information content (AvgIpc) is 2.30. The van der Waals surface area contributed by atoms with E-state index in [2.05, 4.69) is 15.4 Å². The summed E-state index contributed by atoms with van der Waals surface area (Å²) in [6, 6.07) is 7.86. The third kappa shape index (κ3) is 1.93. The van der Waals surface area contributed by atoms with Crippen molar-refractivity contribution < 1.29 is 4.92 Å². The predicted octanol–water partition coefficient (Wildman–Crippen LogP) is 1.45. The third-order valence-electron chi connectivity index (χ3n) is 1.86. The van der Waals surface area contributed by atoms with Gasteiger partial charge >= 0.3 is 0 Å². The number of rotatable bonds is 2. The molecular formula is C9H6N4O2. The van der Waals surface area contributed by atoms with Crippen LogP contribution in [0.1, 0.15) is 0 Å². The minimum Gasteiger partial charge on any atom is -0.258 e. The van der Waals surface area contributed by atoms with Gasteiger partial charge in [0.15, 0.2) is 0 Å². The quantitative estimate of drug-likeness (QED) is 0.543. The van der Waals surface area contributed by atoms with Crippen molar-refractivity contribution in [3.63, 3.8) is 0 Å². The summed E-state index contributed by atoms with van der Waals surface area (Å²) >= 11 is 0. The van der Waals surface area contributed by atoms with E-state index >= 15 is 0 Å². The monoisotopic (exact) mass is 202 g/mol. The highest BCUT2D eigenvalue weighted by atomic mass is 16.6. The topological polar surface area (TPSA) is 81.8 Å². The van der Waals surface area contributed by atoms with E-state index in [9.17, 15) is 10.1 Å². The Morgan fingerprint density at radius 1 is 1.27 bits per heavy atom. The third-order valence-corrected chi connectivity index (χ3v) is 1.86. The van der Waals surface area contributed by atoms with Gasteiger partial charge in [0, 0.05) is 17.7 Å². The van der Waals surface area contributed by atoms with Crippen LogP contribution in [-0.2, 0) is 0 Å². The van der Waals surface area contributed by atoms with E-state index in [0.717, 1.165) is 0 Å². The Hall–Kier alpha value is -2.37. The molecule has 0 bridgehead atoms. The van der Waals surface area contributed by atoms with Gasteiger partial charge in [-0.3, -0.25) is 10.1 Å². The summed E-state index contributed by atoms with van der Waals surface area (Å²) in [7, 11) is 0. The van der Waals surface area contributed by atoms with E-state index in [4.69, 9.17) is 0 Å². The number of benzene rings is 1. The van der Waals surface area contributed by atoms with Crippen LogP contribution in [-0.4, -0.2) is 20.3 Å². The molecule has 0 atom stereocenters. The fraction of sp³-hybridized carbons (Fsp3) is 0. The van der Waals surface area contributed by atoms with Gasteiger partial charge in [-0.2, -0.15) is 0 Å². The van der Waals surface area contributed by atoms with E-state index < -0.39 is 4.92 Å². The summed E-state index contributed by atoms with van der Waals surface area (Å²) in [5, 5.41) is 21.3. The molecule has 0 saturated carbocycles. The molecule has 0 amide bonds. The molecule has 0 N–H and O–H groups in total. The van der Waals surface area contributed by atoms with E-state index in [1.165, 1.54) is 18.3 Å². The molecule has 0 radical (unpaired) electrons. The van der Waals surface area contributed by atoms with E-state index in [1.807, 2.05) is 0 Å². The average molecular weight is 202 g/mol. The van der Waals surface area contributed by atoms with Gasteiger partial charge in [-0.1, -0.05) is 12.1 Å². The van der Waals surface area contributed by atoms with Crippen molar-refractivity contribution in [2.24, 2.45) is 0 Å². The van der Waals surface area contributed by atoms with E-state index in [-0.39, 0.29) is 5.69 Å². The van der Waals surface area contributed by atoms with Gasteiger partial charge in [-0.15, -0.1) is 10.2 Å². The van der Waals surface area contributed by atoms with Gasteiger partial charge in [0.1, 0.15) is 0 Å². The van der Waals surface area contributed by atoms with Crippen LogP contribution in [0.3, 0.4) is 0 Å². The maximum absolute atomic E-state index is 10.5. The molecule has 2 aromatic rings. The molecule has 2 rings (SSSR count). The van der Waals surface area contributed by atoms with Crippen LogP contribution in [0.15, 0.2) is 36.5 Å². The molecule has 1 aromatic heterocycles. The molecule has 0 aliphatic heterocycles. The minimum atomic E-state index is -0.446. The van der Waals surface area contributed by atoms with Gasteiger partial charge in [-0.25, -0.2) is 0 Å². The Balaban J connectivity index is 2.46. The van der Waals surface area contributed by atoms with Crippen molar-refractivity contribution >= 4 is 5.69 Å². The predicted molar refractivity (Wildman–Crippen MR) is 51.9 cm³/mol. The van der Waals surface area contributed by atoms with Gasteiger partial charge in [0.25, 0.3) is 5.69 Å². The van der Waals surface area contributed by atoms with Crippen molar-refractivity contribution in [3.8, 4) is 11.3 Å². The Bertz CT molecular complexity index is 486. The summed E-state index contributed by atoms with van der Waals surface area (Å²) in [5.74, 6) is 0. The van der Waals surface area contributed by atoms with Crippen LogP contribution in [0.25, 0.3) is 11.3 Å². The lowest BCUT2D eigenvalue weighted by Crippen LogP contribution is -1.91. The molecule has 0 spiro atoms. The SMILES string of the molecule is O=[N+]([O-])c1cccc(-c2ccnnn2)c1. The smallest absolute Gasteiger partial charge is 0.258 e. The number of hydrogen-bond acceptors (Lipinski definition) is 5. The zero-order valence-electron chi connectivity index (χ0n) is 7.57. The molecule has 15 heavy (non-hydrogen) atoms. The first-order valence-electron chi connectivity index (χ1n) is 4.16. The van der Waals surface area contributed by atoms with Crippen LogP contribution < -0.4 is 0 Å². The first-order valence-corrected chi connectivity index (χ1v) is 4.16. The number of nitro benzene ring substituents is 1. The highest BCUT2D eigenvalue weighted by Crippen LogP contribution is 2.20. The molecule has 1 aromatic carbocycles. The molecule has 1 heterocycles. The Labute approximate surface area is 84.7 Å². The van der Waals surface area contributed by atoms with Crippen molar-refractivity contribution in [2.75, 3.05) is 0 Å². The number of nitrogens with zero attached hydrogens (tertiary/aromatic N) is 4. The molecule has 0 unspecified atom stereocenters. The lowest BCUT2D eigenvalue weighted by Gasteiger charge is -1.97. The fourth-order valence-electron chi connectivity index (χ4n) is 1.17. The minimum absolute atomic E-state index is 0.0334. The molecule has 0 aliphatic rings. The van der Waals surface area contributed by atoms with Crippen molar-refractivity contribution in [1.82, 2.24) is 15.4 Å². The number of aromatic nitrogens is 3. The van der Waals surface area contributed by atoms with Crippen LogP contribution in [0.4, 0.5) is 5.69 Å². The second-order valence-corrected chi connectivity index (χ2v) is 2.81. The fourth-order valence-corrected chi connectivity index (χ4v) is 1.17. The highest BCUT2D eigenvalue weighted by Gasteiger charge is 2.07. The van der Waals surface area contributed by atoms with Crippen LogP contribution in [0, 0.1) is 10.1 Å². The molecule has 0 saturated heterocycles. The van der Waals surface area contributed by atoms with Crippen LogP contribution >= 0.6 is 0 Å². The Morgan fingerprint density at radius 2 is 2.13 bits per heavy atom. The maximum atomic E-state index is 10.5. The largest absolute Gasteiger partial charge is 0.270 e. The number of hydrogen-bond donors (Lipinski definition) is 0. The first kappa shape index (κ1) is 9.20. The summed E-state index contributed by atoms with van der Waals surface area (Å²) in [5.41, 5.74) is 1.25. The normalized spacial score (nSPS) is 9.87. The highest BCUT2D eigenvalue weighted by molar-refractivity contribution is 5.61. The molecule has 6 nitrogen and oxygen atoms in total. The summed E-state index contributed by atoms with van der Waals surface area (Å²) in [6.07, 6.45) is 1.49. The summed E-state index contributed by atoms with van der Waals surface area (Å²) in [4.78, 5) is 10.1. The molecular weight excluding hydrogens is 196 g/mol. The lowest BCUT2D eigenvalue weighted by molar-refractivity contribution is -0.384. The van der Waals surface area contributed by atoms with Crippen molar-refractivity contribution in [3.05, 3.63) is 46.6 Å². The first-order chi connectivity index (χ1) is 7.27.